The van der Waals surface area contributed by atoms with E-state index in [9.17, 15) is 4.79 Å². The van der Waals surface area contributed by atoms with Crippen molar-refractivity contribution in [3.8, 4) is 0 Å². The van der Waals surface area contributed by atoms with Crippen LogP contribution in [0.3, 0.4) is 0 Å². The van der Waals surface area contributed by atoms with Crippen molar-refractivity contribution in [3.63, 3.8) is 0 Å². The molecule has 1 fully saturated rings. The lowest BCUT2D eigenvalue weighted by atomic mass is 10.1. The molecule has 1 aliphatic carbocycles. The normalized spacial score (nSPS) is 18.8. The molecule has 1 aromatic heterocycles. The van der Waals surface area contributed by atoms with Crippen LogP contribution in [-0.2, 0) is 4.79 Å². The van der Waals surface area contributed by atoms with E-state index in [0.29, 0.717) is 5.92 Å². The Labute approximate surface area is 98.5 Å². The Hall–Kier alpha value is -0.940. The van der Waals surface area contributed by atoms with Crippen LogP contribution >= 0.6 is 11.3 Å². The molecule has 0 saturated heterocycles. The topological polar surface area (TPSA) is 76.2 Å². The van der Waals surface area contributed by atoms with Gasteiger partial charge in [0.2, 0.25) is 0 Å². The minimum atomic E-state index is -0.870. The van der Waals surface area contributed by atoms with Gasteiger partial charge < -0.3 is 10.8 Å². The summed E-state index contributed by atoms with van der Waals surface area (Å²) in [6.45, 7) is 0. The van der Waals surface area contributed by atoms with Crippen molar-refractivity contribution < 1.29 is 9.90 Å². The van der Waals surface area contributed by atoms with Gasteiger partial charge in [0, 0.05) is 11.3 Å². The fourth-order valence-corrected chi connectivity index (χ4v) is 3.06. The van der Waals surface area contributed by atoms with Crippen LogP contribution in [0.15, 0.2) is 5.38 Å². The molecule has 0 aliphatic heterocycles. The van der Waals surface area contributed by atoms with Crippen LogP contribution in [0.2, 0.25) is 0 Å². The van der Waals surface area contributed by atoms with Crippen molar-refractivity contribution in [1.82, 2.24) is 4.98 Å². The third kappa shape index (κ3) is 2.59. The lowest BCUT2D eigenvalue weighted by molar-refractivity contribution is -0.137. The highest BCUT2D eigenvalue weighted by Gasteiger charge is 2.21. The monoisotopic (exact) mass is 240 g/mol. The van der Waals surface area contributed by atoms with Gasteiger partial charge in [-0.1, -0.05) is 12.8 Å². The minimum Gasteiger partial charge on any atom is -0.481 e. The molecule has 0 bridgehead atoms. The van der Waals surface area contributed by atoms with E-state index < -0.39 is 12.0 Å². The van der Waals surface area contributed by atoms with Gasteiger partial charge in [-0.15, -0.1) is 11.3 Å². The smallest absolute Gasteiger partial charge is 0.305 e. The average Bonchev–Trinajstić information content (AvgIpc) is 2.87. The van der Waals surface area contributed by atoms with E-state index in [1.165, 1.54) is 37.0 Å². The molecule has 4 nitrogen and oxygen atoms in total. The molecular formula is C11H16N2O2S. The lowest BCUT2D eigenvalue weighted by Gasteiger charge is -2.05. The van der Waals surface area contributed by atoms with Crippen molar-refractivity contribution in [3.05, 3.63) is 16.1 Å². The van der Waals surface area contributed by atoms with Gasteiger partial charge in [-0.25, -0.2) is 4.98 Å². The first kappa shape index (κ1) is 11.5. The van der Waals surface area contributed by atoms with E-state index in [0.717, 1.165) is 10.7 Å². The van der Waals surface area contributed by atoms with Gasteiger partial charge in [-0.2, -0.15) is 0 Å². The first-order valence-electron chi connectivity index (χ1n) is 5.59. The summed E-state index contributed by atoms with van der Waals surface area (Å²) in [5.41, 5.74) is 6.88. The summed E-state index contributed by atoms with van der Waals surface area (Å²) < 4.78 is 0. The summed E-state index contributed by atoms with van der Waals surface area (Å²) in [6.07, 6.45) is 4.92. The Kier molecular flexibility index (Phi) is 3.56. The second-order valence-corrected chi connectivity index (χ2v) is 5.19. The van der Waals surface area contributed by atoms with Crippen LogP contribution < -0.4 is 5.73 Å². The third-order valence-electron chi connectivity index (χ3n) is 3.02. The zero-order valence-corrected chi connectivity index (χ0v) is 9.87. The van der Waals surface area contributed by atoms with Gasteiger partial charge in [0.1, 0.15) is 5.01 Å². The number of nitrogens with two attached hydrogens (primary N) is 1. The van der Waals surface area contributed by atoms with Crippen LogP contribution in [0, 0.1) is 0 Å². The maximum Gasteiger partial charge on any atom is 0.305 e. The minimum absolute atomic E-state index is 0.0440. The van der Waals surface area contributed by atoms with Crippen LogP contribution in [0.25, 0.3) is 0 Å². The summed E-state index contributed by atoms with van der Waals surface area (Å²) in [4.78, 5) is 15.0. The molecule has 1 heterocycles. The molecule has 2 rings (SSSR count). The predicted octanol–water partition coefficient (Wildman–Crippen LogP) is 2.28. The molecule has 0 aromatic carbocycles. The molecular weight excluding hydrogens is 224 g/mol. The molecule has 1 atom stereocenters. The number of carboxylic acid groups (broad SMARTS) is 1. The lowest BCUT2D eigenvalue weighted by Crippen LogP contribution is -2.14. The Bertz CT molecular complexity index is 372. The summed E-state index contributed by atoms with van der Waals surface area (Å²) in [5, 5.41) is 11.4. The molecule has 1 aliphatic rings. The second-order valence-electron chi connectivity index (χ2n) is 4.30. The van der Waals surface area contributed by atoms with Crippen molar-refractivity contribution in [2.75, 3.05) is 0 Å². The molecule has 0 spiro atoms. The number of hydrogen-bond acceptors (Lipinski definition) is 4. The zero-order chi connectivity index (χ0) is 11.5. The fourth-order valence-electron chi connectivity index (χ4n) is 2.16. The maximum atomic E-state index is 10.5. The van der Waals surface area contributed by atoms with Crippen molar-refractivity contribution in [1.29, 1.82) is 0 Å². The van der Waals surface area contributed by atoms with E-state index in [1.54, 1.807) is 0 Å². The van der Waals surface area contributed by atoms with Crippen LogP contribution in [0.5, 0.6) is 0 Å². The van der Waals surface area contributed by atoms with Crippen LogP contribution in [-0.4, -0.2) is 16.1 Å². The quantitative estimate of drug-likeness (QED) is 0.846. The molecule has 88 valence electrons. The standard InChI is InChI=1S/C11H16N2O2S/c12-8(5-10(14)15)11-13-9(6-16-11)7-3-1-2-4-7/h6-8H,1-5,12H2,(H,14,15). The molecule has 0 amide bonds. The molecule has 5 heteroatoms. The highest BCUT2D eigenvalue weighted by atomic mass is 32.1. The summed E-state index contributed by atoms with van der Waals surface area (Å²) in [6, 6.07) is -0.461. The first-order chi connectivity index (χ1) is 7.66. The average molecular weight is 240 g/mol. The third-order valence-corrected chi connectivity index (χ3v) is 4.02. The number of hydrogen-bond donors (Lipinski definition) is 2. The highest BCUT2D eigenvalue weighted by Crippen LogP contribution is 2.35. The van der Waals surface area contributed by atoms with Crippen molar-refractivity contribution >= 4 is 17.3 Å². The Morgan fingerprint density at radius 3 is 2.94 bits per heavy atom. The summed E-state index contributed by atoms with van der Waals surface area (Å²) in [5.74, 6) is -0.299. The van der Waals surface area contributed by atoms with Crippen LogP contribution in [0.4, 0.5) is 0 Å². The molecule has 3 N–H and O–H groups in total. The molecule has 1 saturated carbocycles. The molecule has 0 radical (unpaired) electrons. The van der Waals surface area contributed by atoms with Gasteiger partial charge in [0.25, 0.3) is 0 Å². The summed E-state index contributed by atoms with van der Waals surface area (Å²) in [7, 11) is 0. The highest BCUT2D eigenvalue weighted by molar-refractivity contribution is 7.09. The fraction of sp³-hybridized carbons (Fsp3) is 0.636. The number of nitrogens with zero attached hydrogens (tertiary/aromatic N) is 1. The first-order valence-corrected chi connectivity index (χ1v) is 6.47. The Balaban J connectivity index is 2.03. The Morgan fingerprint density at radius 1 is 1.62 bits per heavy atom. The number of carboxylic acids is 1. The zero-order valence-electron chi connectivity index (χ0n) is 9.06. The van der Waals surface area contributed by atoms with Crippen LogP contribution in [0.1, 0.15) is 54.8 Å². The van der Waals surface area contributed by atoms with Gasteiger partial charge in [-0.3, -0.25) is 4.79 Å². The van der Waals surface area contributed by atoms with E-state index in [-0.39, 0.29) is 6.42 Å². The van der Waals surface area contributed by atoms with E-state index >= 15 is 0 Å². The molecule has 16 heavy (non-hydrogen) atoms. The summed E-state index contributed by atoms with van der Waals surface area (Å²) >= 11 is 1.49. The maximum absolute atomic E-state index is 10.5. The number of carbonyl (C=O) groups is 1. The second kappa shape index (κ2) is 4.93. The van der Waals surface area contributed by atoms with Crippen molar-refractivity contribution in [2.45, 2.75) is 44.1 Å². The van der Waals surface area contributed by atoms with E-state index in [1.807, 2.05) is 5.38 Å². The number of rotatable bonds is 4. The molecule has 1 aromatic rings. The number of aromatic nitrogens is 1. The van der Waals surface area contributed by atoms with Gasteiger partial charge >= 0.3 is 5.97 Å². The van der Waals surface area contributed by atoms with Gasteiger partial charge in [0.15, 0.2) is 0 Å². The van der Waals surface area contributed by atoms with E-state index in [2.05, 4.69) is 4.98 Å². The Morgan fingerprint density at radius 2 is 2.31 bits per heavy atom. The number of aliphatic carboxylic acids is 1. The SMILES string of the molecule is NC(CC(=O)O)c1nc(C2CCCC2)cs1. The van der Waals surface area contributed by atoms with Gasteiger partial charge in [0.05, 0.1) is 18.2 Å². The van der Waals surface area contributed by atoms with Gasteiger partial charge in [-0.05, 0) is 12.8 Å². The van der Waals surface area contributed by atoms with Crippen molar-refractivity contribution in [2.24, 2.45) is 5.73 Å². The van der Waals surface area contributed by atoms with E-state index in [4.69, 9.17) is 10.8 Å². The number of thiazole rings is 1. The molecule has 1 unspecified atom stereocenters. The predicted molar refractivity (Wildman–Crippen MR) is 62.5 cm³/mol. The largest absolute Gasteiger partial charge is 0.481 e.